The largest absolute Gasteiger partial charge is 0.444 e. The van der Waals surface area contributed by atoms with Crippen LogP contribution in [0.3, 0.4) is 0 Å². The van der Waals surface area contributed by atoms with Gasteiger partial charge in [-0.05, 0) is 81.9 Å². The quantitative estimate of drug-likeness (QED) is 0.280. The maximum Gasteiger partial charge on any atom is 0.410 e. The highest BCUT2D eigenvalue weighted by Gasteiger charge is 2.47. The summed E-state index contributed by atoms with van der Waals surface area (Å²) in [7, 11) is -0.620. The highest BCUT2D eigenvalue weighted by molar-refractivity contribution is 6.74. The summed E-state index contributed by atoms with van der Waals surface area (Å²) in [6.07, 6.45) is 3.27. The third-order valence-corrected chi connectivity index (χ3v) is 12.4. The van der Waals surface area contributed by atoms with Crippen LogP contribution in [0.2, 0.25) is 23.3 Å². The molecule has 1 aromatic heterocycles. The van der Waals surface area contributed by atoms with Crippen molar-refractivity contribution in [2.75, 3.05) is 7.05 Å². The third kappa shape index (κ3) is 7.83. The van der Waals surface area contributed by atoms with Crippen molar-refractivity contribution in [1.82, 2.24) is 15.2 Å². The summed E-state index contributed by atoms with van der Waals surface area (Å²) in [6.45, 7) is 16.7. The fraction of sp³-hybridized carbons (Fsp3) is 0.567. The van der Waals surface area contributed by atoms with Crippen LogP contribution in [0.4, 0.5) is 4.79 Å². The van der Waals surface area contributed by atoms with E-state index in [-0.39, 0.29) is 35.2 Å². The molecule has 1 saturated heterocycles. The molecule has 2 amide bonds. The molecule has 9 heteroatoms. The van der Waals surface area contributed by atoms with Crippen LogP contribution in [-0.4, -0.2) is 54.9 Å². The van der Waals surface area contributed by atoms with E-state index >= 15 is 0 Å². The van der Waals surface area contributed by atoms with Gasteiger partial charge in [0.25, 0.3) is 5.91 Å². The average Bonchev–Trinajstić information content (AvgIpc) is 3.24. The highest BCUT2D eigenvalue weighted by Crippen LogP contribution is 2.44. The first-order valence-electron chi connectivity index (χ1n) is 13.6. The van der Waals surface area contributed by atoms with Crippen molar-refractivity contribution in [3.63, 3.8) is 0 Å². The van der Waals surface area contributed by atoms with Crippen LogP contribution in [0.15, 0.2) is 42.6 Å². The van der Waals surface area contributed by atoms with Gasteiger partial charge in [0.2, 0.25) is 0 Å². The summed E-state index contributed by atoms with van der Waals surface area (Å²) in [6, 6.07) is 11.0. The summed E-state index contributed by atoms with van der Waals surface area (Å²) >= 11 is 6.13. The first-order chi connectivity index (χ1) is 18.0. The van der Waals surface area contributed by atoms with Crippen LogP contribution < -0.4 is 5.32 Å². The molecule has 214 valence electrons. The zero-order chi connectivity index (χ0) is 29.2. The number of nitrogens with one attached hydrogen (secondary N) is 1. The Hall–Kier alpha value is -2.42. The maximum absolute atomic E-state index is 13.8. The van der Waals surface area contributed by atoms with Gasteiger partial charge < -0.3 is 14.5 Å². The zero-order valence-electron chi connectivity index (χ0n) is 24.8. The van der Waals surface area contributed by atoms with E-state index in [9.17, 15) is 9.59 Å². The number of amides is 2. The van der Waals surface area contributed by atoms with E-state index in [4.69, 9.17) is 20.8 Å². The van der Waals surface area contributed by atoms with Gasteiger partial charge in [-0.3, -0.25) is 9.69 Å². The molecule has 39 heavy (non-hydrogen) atoms. The SMILES string of the molecule is CNC(=O)c1ccc(C[C@@H]2CC[C@H]([C@H](O[Si](C)(C)C(C)(C)C)c3ccc(Cl)nc3)N2C(=O)OC(C)(C)C)cc1. The molecule has 3 rings (SSSR count). The normalized spacial score (nSPS) is 19.1. The van der Waals surface area contributed by atoms with Gasteiger partial charge in [0.05, 0.1) is 12.1 Å². The number of carbonyl (C=O) groups excluding carboxylic acids is 2. The Morgan fingerprint density at radius 2 is 1.72 bits per heavy atom. The smallest absolute Gasteiger partial charge is 0.410 e. The fourth-order valence-corrected chi connectivity index (χ4v) is 6.03. The fourth-order valence-electron chi connectivity index (χ4n) is 4.64. The Balaban J connectivity index is 2.00. The average molecular weight is 574 g/mol. The Kier molecular flexibility index (Phi) is 9.56. The first kappa shape index (κ1) is 31.1. The minimum Gasteiger partial charge on any atom is -0.444 e. The minimum absolute atomic E-state index is 0.0214. The Morgan fingerprint density at radius 1 is 1.08 bits per heavy atom. The number of ether oxygens (including phenoxy) is 1. The Bertz CT molecular complexity index is 1140. The molecule has 1 aromatic carbocycles. The number of likely N-dealkylation sites (tertiary alicyclic amines) is 1. The summed E-state index contributed by atoms with van der Waals surface area (Å²) in [5.74, 6) is -0.125. The lowest BCUT2D eigenvalue weighted by Crippen LogP contribution is -2.50. The van der Waals surface area contributed by atoms with Crippen LogP contribution >= 0.6 is 11.6 Å². The van der Waals surface area contributed by atoms with E-state index in [0.717, 1.165) is 24.0 Å². The molecule has 3 atom stereocenters. The van der Waals surface area contributed by atoms with Gasteiger partial charge in [-0.15, -0.1) is 0 Å². The number of halogens is 1. The number of nitrogens with zero attached hydrogens (tertiary/aromatic N) is 2. The summed E-state index contributed by atoms with van der Waals surface area (Å²) < 4.78 is 13.0. The summed E-state index contributed by atoms with van der Waals surface area (Å²) in [5, 5.41) is 3.05. The van der Waals surface area contributed by atoms with Crippen molar-refractivity contribution in [1.29, 1.82) is 0 Å². The summed E-state index contributed by atoms with van der Waals surface area (Å²) in [4.78, 5) is 32.0. The van der Waals surface area contributed by atoms with Gasteiger partial charge in [0.1, 0.15) is 10.8 Å². The first-order valence-corrected chi connectivity index (χ1v) is 16.9. The molecule has 1 aliphatic rings. The number of hydrogen-bond donors (Lipinski definition) is 1. The van der Waals surface area contributed by atoms with Crippen LogP contribution in [0, 0.1) is 0 Å². The molecule has 7 nitrogen and oxygen atoms in total. The molecule has 2 aromatic rings. The molecule has 0 radical (unpaired) electrons. The van der Waals surface area contributed by atoms with Gasteiger partial charge in [-0.2, -0.15) is 0 Å². The third-order valence-electron chi connectivity index (χ3n) is 7.72. The van der Waals surface area contributed by atoms with E-state index in [0.29, 0.717) is 17.1 Å². The number of rotatable bonds is 7. The lowest BCUT2D eigenvalue weighted by molar-refractivity contribution is -0.00244. The lowest BCUT2D eigenvalue weighted by atomic mass is 10.0. The molecule has 0 aliphatic carbocycles. The molecule has 1 aliphatic heterocycles. The number of benzene rings is 1. The molecular formula is C30H44ClN3O4Si. The van der Waals surface area contributed by atoms with Crippen molar-refractivity contribution in [3.8, 4) is 0 Å². The second kappa shape index (κ2) is 12.0. The number of aromatic nitrogens is 1. The molecule has 0 unspecified atom stereocenters. The van der Waals surface area contributed by atoms with Crippen LogP contribution in [0.5, 0.6) is 0 Å². The van der Waals surface area contributed by atoms with Gasteiger partial charge in [0, 0.05) is 30.4 Å². The second-order valence-corrected chi connectivity index (χ2v) is 18.0. The Labute approximate surface area is 239 Å². The number of carbonyl (C=O) groups is 2. The van der Waals surface area contributed by atoms with Crippen LogP contribution in [0.1, 0.15) is 82.0 Å². The molecule has 2 heterocycles. The van der Waals surface area contributed by atoms with E-state index in [1.165, 1.54) is 0 Å². The van der Waals surface area contributed by atoms with Crippen molar-refractivity contribution >= 4 is 31.9 Å². The number of pyridine rings is 1. The number of hydrogen-bond acceptors (Lipinski definition) is 5. The predicted molar refractivity (Wildman–Crippen MR) is 159 cm³/mol. The van der Waals surface area contributed by atoms with E-state index in [1.54, 1.807) is 19.3 Å². The van der Waals surface area contributed by atoms with E-state index in [2.05, 4.69) is 44.2 Å². The van der Waals surface area contributed by atoms with Crippen molar-refractivity contribution in [2.24, 2.45) is 0 Å². The monoisotopic (exact) mass is 573 g/mol. The van der Waals surface area contributed by atoms with Gasteiger partial charge >= 0.3 is 6.09 Å². The van der Waals surface area contributed by atoms with Crippen molar-refractivity contribution < 1.29 is 18.8 Å². The molecular weight excluding hydrogens is 530 g/mol. The molecule has 1 N–H and O–H groups in total. The second-order valence-electron chi connectivity index (χ2n) is 12.9. The molecule has 0 bridgehead atoms. The standard InChI is InChI=1S/C30H44ClN3O4Si/c1-29(2,3)37-28(36)34-23(18-20-10-12-21(13-11-20)27(35)32-7)15-16-24(34)26(22-14-17-25(31)33-19-22)38-39(8,9)30(4,5)6/h10-14,17,19,23-24,26H,15-16,18H2,1-9H3,(H,32,35)/t23-,24+,26+/m0/s1. The highest BCUT2D eigenvalue weighted by atomic mass is 35.5. The van der Waals surface area contributed by atoms with Gasteiger partial charge in [-0.1, -0.05) is 50.6 Å². The van der Waals surface area contributed by atoms with Crippen molar-refractivity contribution in [3.05, 3.63) is 64.4 Å². The van der Waals surface area contributed by atoms with E-state index < -0.39 is 13.9 Å². The van der Waals surface area contributed by atoms with Crippen LogP contribution in [0.25, 0.3) is 0 Å². The topological polar surface area (TPSA) is 80.8 Å². The molecule has 0 saturated carbocycles. The zero-order valence-corrected chi connectivity index (χ0v) is 26.6. The maximum atomic E-state index is 13.8. The van der Waals surface area contributed by atoms with Crippen molar-refractivity contribution in [2.45, 2.75) is 103 Å². The van der Waals surface area contributed by atoms with E-state index in [1.807, 2.05) is 56.0 Å². The van der Waals surface area contributed by atoms with Crippen LogP contribution in [-0.2, 0) is 15.6 Å². The lowest BCUT2D eigenvalue weighted by Gasteiger charge is -2.43. The molecule has 1 fully saturated rings. The Morgan fingerprint density at radius 3 is 2.23 bits per heavy atom. The predicted octanol–water partition coefficient (Wildman–Crippen LogP) is 7.17. The minimum atomic E-state index is -2.24. The van der Waals surface area contributed by atoms with Gasteiger partial charge in [0.15, 0.2) is 8.32 Å². The summed E-state index contributed by atoms with van der Waals surface area (Å²) in [5.41, 5.74) is 1.92. The van der Waals surface area contributed by atoms with Gasteiger partial charge in [-0.25, -0.2) is 9.78 Å². The molecule has 0 spiro atoms.